The van der Waals surface area contributed by atoms with Gasteiger partial charge >= 0.3 is 0 Å². The van der Waals surface area contributed by atoms with E-state index in [2.05, 4.69) is 10.3 Å². The molecule has 0 amide bonds. The van der Waals surface area contributed by atoms with Crippen molar-refractivity contribution in [2.75, 3.05) is 18.1 Å². The lowest BCUT2D eigenvalue weighted by atomic mass is 10.4. The van der Waals surface area contributed by atoms with Crippen LogP contribution in [0.1, 0.15) is 26.1 Å². The molecule has 0 bridgehead atoms. The van der Waals surface area contributed by atoms with Crippen LogP contribution in [-0.4, -0.2) is 36.0 Å². The minimum Gasteiger partial charge on any atom is -0.334 e. The number of hydrogen-bond donors (Lipinski definition) is 1. The number of hydrogen-bond acceptors (Lipinski definition) is 4. The second kappa shape index (κ2) is 6.76. The smallest absolute Gasteiger partial charge is 0.150 e. The predicted octanol–water partition coefficient (Wildman–Crippen LogP) is 0.817. The number of aromatic nitrogens is 2. The Balaban J connectivity index is 2.44. The molecule has 1 aromatic rings. The van der Waals surface area contributed by atoms with E-state index in [0.29, 0.717) is 13.0 Å². The highest BCUT2D eigenvalue weighted by Gasteiger charge is 2.08. The summed E-state index contributed by atoms with van der Waals surface area (Å²) in [6.45, 7) is 6.06. The zero-order valence-corrected chi connectivity index (χ0v) is 11.3. The second-order valence-electron chi connectivity index (χ2n) is 3.91. The summed E-state index contributed by atoms with van der Waals surface area (Å²) in [5, 5.41) is 3.21. The summed E-state index contributed by atoms with van der Waals surface area (Å²) in [4.78, 5) is 4.24. The van der Waals surface area contributed by atoms with Crippen LogP contribution >= 0.6 is 0 Å². The quantitative estimate of drug-likeness (QED) is 0.750. The molecule has 1 heterocycles. The van der Waals surface area contributed by atoms with Crippen molar-refractivity contribution in [3.05, 3.63) is 18.2 Å². The van der Waals surface area contributed by atoms with Crippen LogP contribution in [0.15, 0.2) is 12.4 Å². The molecule has 0 aliphatic rings. The standard InChI is InChI=1S/C11H21N3O2S/c1-3-12-10-11-13-6-8-14(11)7-5-9-17(15,16)4-2/h6,8,12H,3-5,7,9-10H2,1-2H3. The number of rotatable bonds is 8. The summed E-state index contributed by atoms with van der Waals surface area (Å²) < 4.78 is 24.7. The topological polar surface area (TPSA) is 64.0 Å². The van der Waals surface area contributed by atoms with Crippen LogP contribution < -0.4 is 5.32 Å². The zero-order valence-electron chi connectivity index (χ0n) is 10.5. The van der Waals surface area contributed by atoms with Gasteiger partial charge in [0, 0.05) is 24.7 Å². The van der Waals surface area contributed by atoms with Gasteiger partial charge in [-0.2, -0.15) is 0 Å². The molecule has 0 radical (unpaired) electrons. The third kappa shape index (κ3) is 4.87. The summed E-state index contributed by atoms with van der Waals surface area (Å²) in [6, 6.07) is 0. The fourth-order valence-corrected chi connectivity index (χ4v) is 2.40. The van der Waals surface area contributed by atoms with E-state index in [0.717, 1.165) is 18.9 Å². The van der Waals surface area contributed by atoms with E-state index >= 15 is 0 Å². The van der Waals surface area contributed by atoms with Gasteiger partial charge in [-0.15, -0.1) is 0 Å². The van der Waals surface area contributed by atoms with Crippen molar-refractivity contribution in [2.24, 2.45) is 0 Å². The lowest BCUT2D eigenvalue weighted by molar-refractivity contribution is 0.575. The number of nitrogens with one attached hydrogen (secondary N) is 1. The van der Waals surface area contributed by atoms with Gasteiger partial charge in [-0.05, 0) is 13.0 Å². The van der Waals surface area contributed by atoms with Crippen molar-refractivity contribution in [1.29, 1.82) is 0 Å². The van der Waals surface area contributed by atoms with Crippen LogP contribution in [-0.2, 0) is 22.9 Å². The highest BCUT2D eigenvalue weighted by atomic mass is 32.2. The van der Waals surface area contributed by atoms with Crippen LogP contribution in [0.4, 0.5) is 0 Å². The fourth-order valence-electron chi connectivity index (χ4n) is 1.55. The van der Waals surface area contributed by atoms with Crippen LogP contribution in [0.25, 0.3) is 0 Å². The minimum atomic E-state index is -2.85. The molecule has 0 unspecified atom stereocenters. The lowest BCUT2D eigenvalue weighted by Crippen LogP contribution is -2.17. The number of imidazole rings is 1. The molecular weight excluding hydrogens is 238 g/mol. The van der Waals surface area contributed by atoms with E-state index in [1.807, 2.05) is 17.7 Å². The van der Waals surface area contributed by atoms with Gasteiger partial charge < -0.3 is 9.88 Å². The minimum absolute atomic E-state index is 0.223. The molecule has 6 heteroatoms. The van der Waals surface area contributed by atoms with Gasteiger partial charge in [0.1, 0.15) is 15.7 Å². The Morgan fingerprint density at radius 1 is 1.41 bits per heavy atom. The molecule has 0 aromatic carbocycles. The molecule has 0 atom stereocenters. The van der Waals surface area contributed by atoms with Crippen molar-refractivity contribution < 1.29 is 8.42 Å². The summed E-state index contributed by atoms with van der Waals surface area (Å²) in [5.74, 6) is 1.43. The molecule has 17 heavy (non-hydrogen) atoms. The Labute approximate surface area is 103 Å². The first-order valence-electron chi connectivity index (χ1n) is 6.00. The van der Waals surface area contributed by atoms with E-state index < -0.39 is 9.84 Å². The maximum Gasteiger partial charge on any atom is 0.150 e. The summed E-state index contributed by atoms with van der Waals surface area (Å²) in [5.41, 5.74) is 0. The van der Waals surface area contributed by atoms with Crippen LogP contribution in [0.5, 0.6) is 0 Å². The van der Waals surface area contributed by atoms with E-state index in [-0.39, 0.29) is 11.5 Å². The van der Waals surface area contributed by atoms with Crippen molar-refractivity contribution in [3.63, 3.8) is 0 Å². The van der Waals surface area contributed by atoms with Gasteiger partial charge in [-0.3, -0.25) is 0 Å². The normalized spacial score (nSPS) is 11.9. The van der Waals surface area contributed by atoms with Crippen molar-refractivity contribution in [2.45, 2.75) is 33.4 Å². The van der Waals surface area contributed by atoms with Gasteiger partial charge in [0.25, 0.3) is 0 Å². The Hall–Kier alpha value is -0.880. The first kappa shape index (κ1) is 14.2. The highest BCUT2D eigenvalue weighted by molar-refractivity contribution is 7.91. The Bertz CT molecular complexity index is 426. The van der Waals surface area contributed by atoms with Gasteiger partial charge in [-0.25, -0.2) is 13.4 Å². The summed E-state index contributed by atoms with van der Waals surface area (Å²) in [6.07, 6.45) is 4.29. The second-order valence-corrected chi connectivity index (χ2v) is 6.38. The maximum absolute atomic E-state index is 11.3. The van der Waals surface area contributed by atoms with Gasteiger partial charge in [0.05, 0.1) is 12.3 Å². The van der Waals surface area contributed by atoms with Crippen molar-refractivity contribution in [3.8, 4) is 0 Å². The molecule has 1 N–H and O–H groups in total. The number of nitrogens with zero attached hydrogens (tertiary/aromatic N) is 2. The molecule has 0 saturated heterocycles. The largest absolute Gasteiger partial charge is 0.334 e. The first-order chi connectivity index (χ1) is 8.09. The summed E-state index contributed by atoms with van der Waals surface area (Å²) >= 11 is 0. The van der Waals surface area contributed by atoms with Crippen LogP contribution in [0.2, 0.25) is 0 Å². The Morgan fingerprint density at radius 2 is 2.18 bits per heavy atom. The van der Waals surface area contributed by atoms with Crippen molar-refractivity contribution >= 4 is 9.84 Å². The molecule has 98 valence electrons. The third-order valence-electron chi connectivity index (χ3n) is 2.63. The molecule has 1 rings (SSSR count). The average Bonchev–Trinajstić information content (AvgIpc) is 2.74. The van der Waals surface area contributed by atoms with Crippen molar-refractivity contribution in [1.82, 2.24) is 14.9 Å². The van der Waals surface area contributed by atoms with E-state index in [1.165, 1.54) is 0 Å². The Kier molecular flexibility index (Phi) is 5.64. The van der Waals surface area contributed by atoms with Gasteiger partial charge in [-0.1, -0.05) is 13.8 Å². The summed E-state index contributed by atoms with van der Waals surface area (Å²) in [7, 11) is -2.85. The number of sulfone groups is 1. The zero-order chi connectivity index (χ0) is 12.7. The van der Waals surface area contributed by atoms with Gasteiger partial charge in [0.15, 0.2) is 0 Å². The van der Waals surface area contributed by atoms with E-state index in [1.54, 1.807) is 13.1 Å². The molecule has 0 spiro atoms. The molecule has 0 saturated carbocycles. The molecule has 1 aromatic heterocycles. The third-order valence-corrected chi connectivity index (χ3v) is 4.42. The number of aryl methyl sites for hydroxylation is 1. The van der Waals surface area contributed by atoms with Crippen LogP contribution in [0, 0.1) is 0 Å². The first-order valence-corrected chi connectivity index (χ1v) is 7.82. The monoisotopic (exact) mass is 259 g/mol. The molecular formula is C11H21N3O2S. The van der Waals surface area contributed by atoms with E-state index in [9.17, 15) is 8.42 Å². The lowest BCUT2D eigenvalue weighted by Gasteiger charge is -2.08. The Morgan fingerprint density at radius 3 is 2.82 bits per heavy atom. The fraction of sp³-hybridized carbons (Fsp3) is 0.727. The maximum atomic E-state index is 11.3. The SMILES string of the molecule is CCNCc1nccn1CCCS(=O)(=O)CC. The highest BCUT2D eigenvalue weighted by Crippen LogP contribution is 2.01. The molecule has 5 nitrogen and oxygen atoms in total. The molecule has 0 aliphatic carbocycles. The van der Waals surface area contributed by atoms with Crippen LogP contribution in [0.3, 0.4) is 0 Å². The molecule has 0 aliphatic heterocycles. The average molecular weight is 259 g/mol. The van der Waals surface area contributed by atoms with Gasteiger partial charge in [0.2, 0.25) is 0 Å². The predicted molar refractivity (Wildman–Crippen MR) is 68.6 cm³/mol. The molecule has 0 fully saturated rings. The van der Waals surface area contributed by atoms with E-state index in [4.69, 9.17) is 0 Å².